The van der Waals surface area contributed by atoms with Gasteiger partial charge >= 0.3 is 19.7 Å². The van der Waals surface area contributed by atoms with E-state index in [4.69, 9.17) is 24.4 Å². The zero-order valence-corrected chi connectivity index (χ0v) is 19.2. The normalized spacial score (nSPS) is 16.0. The molecule has 0 N–H and O–H groups in total. The number of nitriles is 1. The van der Waals surface area contributed by atoms with Gasteiger partial charge in [0.2, 0.25) is 0 Å². The number of nitrogens with zero attached hydrogens (tertiary/aromatic N) is 6. The van der Waals surface area contributed by atoms with E-state index in [0.29, 0.717) is 5.69 Å². The Morgan fingerprint density at radius 1 is 1.15 bits per heavy atom. The molecule has 1 saturated heterocycles. The Labute approximate surface area is 191 Å². The van der Waals surface area contributed by atoms with Gasteiger partial charge in [0, 0.05) is 11.9 Å². The fraction of sp³-hybridized carbons (Fsp3) is 0.500. The van der Waals surface area contributed by atoms with Gasteiger partial charge in [-0.1, -0.05) is 0 Å². The lowest BCUT2D eigenvalue weighted by molar-refractivity contribution is -0.183. The first-order chi connectivity index (χ1) is 15.4. The van der Waals surface area contributed by atoms with Gasteiger partial charge in [0.15, 0.2) is 17.3 Å². The maximum Gasteiger partial charge on any atom is 0.435 e. The number of hydrogen-bond acceptors (Lipinski definition) is 10. The molecule has 3 rings (SSSR count). The summed E-state index contributed by atoms with van der Waals surface area (Å²) in [6.45, 7) is 10.4. The molecule has 12 nitrogen and oxygen atoms in total. The van der Waals surface area contributed by atoms with E-state index in [9.17, 15) is 9.59 Å². The maximum atomic E-state index is 13.1. The molecule has 1 aliphatic rings. The smallest absolute Gasteiger partial charge is 0.435 e. The molecule has 1 radical (unpaired) electrons. The number of carbonyl (C=O) groups excluding carboxylic acids is 2. The molecule has 13 heteroatoms. The van der Waals surface area contributed by atoms with Gasteiger partial charge < -0.3 is 14.3 Å². The van der Waals surface area contributed by atoms with E-state index in [0.717, 1.165) is 9.58 Å². The lowest BCUT2D eigenvalue weighted by Crippen LogP contribution is -2.35. The van der Waals surface area contributed by atoms with Crippen LogP contribution in [0.4, 0.5) is 21.2 Å². The molecule has 1 atom stereocenters. The molecule has 0 aromatic carbocycles. The van der Waals surface area contributed by atoms with Gasteiger partial charge in [0.1, 0.15) is 17.3 Å². The highest BCUT2D eigenvalue weighted by atomic mass is 17.2. The average molecular weight is 455 g/mol. The van der Waals surface area contributed by atoms with E-state index in [1.807, 2.05) is 6.07 Å². The molecule has 173 valence electrons. The number of amides is 1. The standard InChI is InChI=1S/C20H24BN6O6/c1-19(2,3)31-17(28)26(16-10-23-12(8-22)9-24-16)15-7-14(13-11-30-33-21-13)27(25-15)18(29)32-20(4,5)6/h7,9-10,13H,11H2,1-6H3. The van der Waals surface area contributed by atoms with Gasteiger partial charge in [0.05, 0.1) is 24.7 Å². The van der Waals surface area contributed by atoms with Crippen LogP contribution >= 0.6 is 0 Å². The molecule has 0 saturated carbocycles. The zero-order chi connectivity index (χ0) is 24.4. The molecule has 0 spiro atoms. The van der Waals surface area contributed by atoms with Crippen LogP contribution in [0.25, 0.3) is 0 Å². The van der Waals surface area contributed by atoms with Crippen LogP contribution in [0.1, 0.15) is 58.7 Å². The molecular weight excluding hydrogens is 431 g/mol. The Balaban J connectivity index is 2.10. The molecule has 1 aliphatic heterocycles. The van der Waals surface area contributed by atoms with Gasteiger partial charge in [-0.2, -0.15) is 9.94 Å². The van der Waals surface area contributed by atoms with Crippen molar-refractivity contribution in [2.24, 2.45) is 0 Å². The van der Waals surface area contributed by atoms with Crippen molar-refractivity contribution in [3.8, 4) is 6.07 Å². The summed E-state index contributed by atoms with van der Waals surface area (Å²) in [6, 6.07) is 3.37. The molecule has 3 heterocycles. The number of hydrogen-bond donors (Lipinski definition) is 0. The summed E-state index contributed by atoms with van der Waals surface area (Å²) in [6.07, 6.45) is 0.900. The van der Waals surface area contributed by atoms with Crippen LogP contribution in [0.2, 0.25) is 0 Å². The van der Waals surface area contributed by atoms with Crippen molar-refractivity contribution in [2.45, 2.75) is 58.6 Å². The maximum absolute atomic E-state index is 13.1. The lowest BCUT2D eigenvalue weighted by Gasteiger charge is -2.25. The van der Waals surface area contributed by atoms with Crippen LogP contribution in [0.15, 0.2) is 18.5 Å². The third-order valence-electron chi connectivity index (χ3n) is 3.99. The van der Waals surface area contributed by atoms with Gasteiger partial charge in [-0.15, -0.1) is 5.10 Å². The highest BCUT2D eigenvalue weighted by Gasteiger charge is 2.34. The zero-order valence-electron chi connectivity index (χ0n) is 19.2. The molecule has 1 unspecified atom stereocenters. The first kappa shape index (κ1) is 24.2. The van der Waals surface area contributed by atoms with E-state index in [1.54, 1.807) is 41.5 Å². The second kappa shape index (κ2) is 9.17. The predicted octanol–water partition coefficient (Wildman–Crippen LogP) is 3.02. The molecular formula is C20H24BN6O6. The quantitative estimate of drug-likeness (QED) is 0.501. The highest BCUT2D eigenvalue weighted by Crippen LogP contribution is 2.30. The Hall–Kier alpha value is -3.50. The van der Waals surface area contributed by atoms with Crippen LogP contribution < -0.4 is 4.90 Å². The molecule has 0 aliphatic carbocycles. The van der Waals surface area contributed by atoms with Crippen LogP contribution in [0, 0.1) is 11.3 Å². The van der Waals surface area contributed by atoms with Gasteiger partial charge in [0.25, 0.3) is 0 Å². The van der Waals surface area contributed by atoms with Crippen molar-refractivity contribution < 1.29 is 28.8 Å². The van der Waals surface area contributed by atoms with E-state index < -0.39 is 29.2 Å². The van der Waals surface area contributed by atoms with Gasteiger partial charge in [-0.3, -0.25) is 4.89 Å². The van der Waals surface area contributed by atoms with Crippen molar-refractivity contribution in [1.29, 1.82) is 5.26 Å². The fourth-order valence-electron chi connectivity index (χ4n) is 2.73. The minimum atomic E-state index is -0.827. The molecule has 33 heavy (non-hydrogen) atoms. The first-order valence-electron chi connectivity index (χ1n) is 10.1. The SMILES string of the molecule is CC(C)(C)OC(=O)N(c1cnc(C#N)cn1)c1cc(C2[B]OOC2)n(C(=O)OC(C)(C)C)n1. The van der Waals surface area contributed by atoms with Crippen molar-refractivity contribution >= 4 is 31.3 Å². The first-order valence-corrected chi connectivity index (χ1v) is 10.1. The summed E-state index contributed by atoms with van der Waals surface area (Å²) in [4.78, 5) is 44.9. The topological polar surface area (TPSA) is 142 Å². The highest BCUT2D eigenvalue weighted by molar-refractivity contribution is 6.30. The minimum Gasteiger partial charge on any atom is -0.443 e. The summed E-state index contributed by atoms with van der Waals surface area (Å²) >= 11 is 0. The van der Waals surface area contributed by atoms with E-state index in [1.165, 1.54) is 25.9 Å². The minimum absolute atomic E-state index is 0.0319. The van der Waals surface area contributed by atoms with Crippen molar-refractivity contribution in [3.63, 3.8) is 0 Å². The third-order valence-corrected chi connectivity index (χ3v) is 3.99. The second-order valence-corrected chi connectivity index (χ2v) is 9.13. The molecule has 2 aromatic heterocycles. The Kier molecular flexibility index (Phi) is 6.71. The summed E-state index contributed by atoms with van der Waals surface area (Å²) in [5.41, 5.74) is -1.17. The van der Waals surface area contributed by atoms with Crippen molar-refractivity contribution in [3.05, 3.63) is 29.8 Å². The van der Waals surface area contributed by atoms with E-state index in [2.05, 4.69) is 15.1 Å². The molecule has 0 bridgehead atoms. The Morgan fingerprint density at radius 2 is 1.85 bits per heavy atom. The molecule has 1 fully saturated rings. The third kappa shape index (κ3) is 6.06. The van der Waals surface area contributed by atoms with Gasteiger partial charge in [-0.25, -0.2) is 24.5 Å². The van der Waals surface area contributed by atoms with E-state index in [-0.39, 0.29) is 23.9 Å². The van der Waals surface area contributed by atoms with Crippen LogP contribution in [-0.2, 0) is 19.2 Å². The number of rotatable bonds is 3. The number of ether oxygens (including phenoxy) is 2. The molecule has 2 aromatic rings. The lowest BCUT2D eigenvalue weighted by atomic mass is 9.79. The van der Waals surface area contributed by atoms with E-state index >= 15 is 0 Å². The van der Waals surface area contributed by atoms with Crippen LogP contribution in [0.5, 0.6) is 0 Å². The Morgan fingerprint density at radius 3 is 2.36 bits per heavy atom. The largest absolute Gasteiger partial charge is 0.443 e. The average Bonchev–Trinajstić information content (AvgIpc) is 3.36. The Bertz CT molecular complexity index is 1060. The number of aromatic nitrogens is 4. The summed E-state index contributed by atoms with van der Waals surface area (Å²) in [5, 5.41) is 13.3. The monoisotopic (exact) mass is 455 g/mol. The van der Waals surface area contributed by atoms with Gasteiger partial charge in [-0.05, 0) is 41.5 Å². The second-order valence-electron chi connectivity index (χ2n) is 9.13. The van der Waals surface area contributed by atoms with Crippen molar-refractivity contribution in [2.75, 3.05) is 11.5 Å². The number of anilines is 2. The van der Waals surface area contributed by atoms with Crippen LogP contribution in [-0.4, -0.2) is 57.2 Å². The van der Waals surface area contributed by atoms with Crippen molar-refractivity contribution in [1.82, 2.24) is 19.7 Å². The summed E-state index contributed by atoms with van der Waals surface area (Å²) < 4.78 is 12.0. The number of carbonyl (C=O) groups is 2. The predicted molar refractivity (Wildman–Crippen MR) is 115 cm³/mol. The summed E-state index contributed by atoms with van der Waals surface area (Å²) in [7, 11) is 1.40. The summed E-state index contributed by atoms with van der Waals surface area (Å²) in [5.74, 6) is -0.373. The fourth-order valence-corrected chi connectivity index (χ4v) is 2.73. The molecule has 1 amide bonds. The van der Waals surface area contributed by atoms with Crippen LogP contribution in [0.3, 0.4) is 0 Å².